The summed E-state index contributed by atoms with van der Waals surface area (Å²) in [5, 5.41) is 24.7. The molecule has 2 aromatic carbocycles. The molecule has 0 radical (unpaired) electrons. The third-order valence-corrected chi connectivity index (χ3v) is 3.88. The van der Waals surface area contributed by atoms with Gasteiger partial charge in [-0.3, -0.25) is 9.59 Å². The number of aliphatic hydroxyl groups excluding tert-OH is 1. The second-order valence-corrected chi connectivity index (χ2v) is 5.62. The van der Waals surface area contributed by atoms with Crippen molar-refractivity contribution in [3.8, 4) is 17.2 Å². The number of carbonyl (C=O) groups is 2. The number of rotatable bonds is 7. The Kier molecular flexibility index (Phi) is 6.62. The number of hydrogen-bond donors (Lipinski definition) is 4. The maximum atomic E-state index is 12.6. The number of nitrogens with one attached hydrogen (secondary N) is 2. The number of aromatic hydroxyl groups is 1. The van der Waals surface area contributed by atoms with Crippen LogP contribution >= 0.6 is 0 Å². The number of carbonyl (C=O) groups excluding carboxylic acids is 2. The first-order valence-corrected chi connectivity index (χ1v) is 8.23. The maximum absolute atomic E-state index is 12.6. The van der Waals surface area contributed by atoms with Gasteiger partial charge in [0, 0.05) is 41.1 Å². The topological polar surface area (TPSA) is 117 Å². The highest BCUT2D eigenvalue weighted by atomic mass is 16.5. The molecule has 8 heteroatoms. The van der Waals surface area contributed by atoms with E-state index in [9.17, 15) is 19.8 Å². The summed E-state index contributed by atoms with van der Waals surface area (Å²) in [5.41, 5.74) is 1.51. The van der Waals surface area contributed by atoms with Gasteiger partial charge in [0.1, 0.15) is 0 Å². The van der Waals surface area contributed by atoms with E-state index in [0.717, 1.165) is 0 Å². The Morgan fingerprint density at radius 1 is 1.04 bits per heavy atom. The second-order valence-electron chi connectivity index (χ2n) is 5.62. The van der Waals surface area contributed by atoms with Crippen LogP contribution < -0.4 is 20.1 Å². The number of phenols is 1. The van der Waals surface area contributed by atoms with Crippen molar-refractivity contribution in [2.75, 3.05) is 24.9 Å². The molecule has 0 aliphatic carbocycles. The van der Waals surface area contributed by atoms with Gasteiger partial charge < -0.3 is 30.3 Å². The van der Waals surface area contributed by atoms with Gasteiger partial charge in [0.2, 0.25) is 11.7 Å². The molecule has 0 saturated carbocycles. The third-order valence-electron chi connectivity index (χ3n) is 3.88. The molecule has 0 atom stereocenters. The minimum absolute atomic E-state index is 0.149. The minimum Gasteiger partial charge on any atom is -0.502 e. The van der Waals surface area contributed by atoms with Gasteiger partial charge >= 0.3 is 0 Å². The summed E-state index contributed by atoms with van der Waals surface area (Å²) in [6, 6.07) is 7.51. The normalized spacial score (nSPS) is 10.2. The van der Waals surface area contributed by atoms with Crippen molar-refractivity contribution in [1.29, 1.82) is 0 Å². The molecule has 0 saturated heterocycles. The van der Waals surface area contributed by atoms with Crippen LogP contribution in [0, 0.1) is 0 Å². The first kappa shape index (κ1) is 20.1. The van der Waals surface area contributed by atoms with Crippen LogP contribution in [0.4, 0.5) is 11.4 Å². The maximum Gasteiger partial charge on any atom is 0.255 e. The van der Waals surface area contributed by atoms with Gasteiger partial charge in [0.05, 0.1) is 20.8 Å². The average Bonchev–Trinajstić information content (AvgIpc) is 2.68. The Hall–Kier alpha value is -3.26. The molecule has 2 amide bonds. The highest BCUT2D eigenvalue weighted by Crippen LogP contribution is 2.39. The average molecular weight is 374 g/mol. The second kappa shape index (κ2) is 8.91. The molecule has 0 spiro atoms. The molecule has 0 heterocycles. The summed E-state index contributed by atoms with van der Waals surface area (Å²) >= 11 is 0. The molecule has 0 aliphatic heterocycles. The largest absolute Gasteiger partial charge is 0.502 e. The molecule has 4 N–H and O–H groups in total. The van der Waals surface area contributed by atoms with Crippen LogP contribution in [-0.2, 0) is 11.4 Å². The van der Waals surface area contributed by atoms with Crippen LogP contribution in [-0.4, -0.2) is 36.2 Å². The van der Waals surface area contributed by atoms with Crippen LogP contribution in [0.25, 0.3) is 0 Å². The van der Waals surface area contributed by atoms with Crippen LogP contribution in [0.15, 0.2) is 30.3 Å². The molecule has 0 unspecified atom stereocenters. The molecule has 2 rings (SSSR count). The van der Waals surface area contributed by atoms with Gasteiger partial charge in [0.15, 0.2) is 11.5 Å². The zero-order valence-corrected chi connectivity index (χ0v) is 15.3. The Labute approximate surface area is 156 Å². The van der Waals surface area contributed by atoms with Gasteiger partial charge in [-0.1, -0.05) is 13.0 Å². The van der Waals surface area contributed by atoms with Gasteiger partial charge in [-0.15, -0.1) is 0 Å². The first-order chi connectivity index (χ1) is 12.9. The lowest BCUT2D eigenvalue weighted by atomic mass is 10.1. The van der Waals surface area contributed by atoms with Crippen LogP contribution in [0.5, 0.6) is 17.2 Å². The van der Waals surface area contributed by atoms with Crippen LogP contribution in [0.1, 0.15) is 29.3 Å². The monoisotopic (exact) mass is 374 g/mol. The molecular formula is C19H22N2O6. The fourth-order valence-corrected chi connectivity index (χ4v) is 2.38. The number of methoxy groups -OCH3 is 2. The zero-order chi connectivity index (χ0) is 20.0. The van der Waals surface area contributed by atoms with Crippen molar-refractivity contribution in [3.05, 3.63) is 41.5 Å². The molecule has 0 aliphatic rings. The highest BCUT2D eigenvalue weighted by molar-refractivity contribution is 6.05. The third kappa shape index (κ3) is 4.68. The summed E-state index contributed by atoms with van der Waals surface area (Å²) in [5.74, 6) is -0.543. The predicted molar refractivity (Wildman–Crippen MR) is 100 cm³/mol. The Bertz CT molecular complexity index is 825. The lowest BCUT2D eigenvalue weighted by Gasteiger charge is -2.13. The summed E-state index contributed by atoms with van der Waals surface area (Å²) in [4.78, 5) is 24.2. The number of ether oxygens (including phenoxy) is 2. The van der Waals surface area contributed by atoms with E-state index in [1.165, 1.54) is 38.5 Å². The molecule has 2 aromatic rings. The van der Waals surface area contributed by atoms with Gasteiger partial charge in [-0.25, -0.2) is 0 Å². The van der Waals surface area contributed by atoms with E-state index < -0.39 is 5.91 Å². The number of aliphatic hydroxyl groups is 1. The smallest absolute Gasteiger partial charge is 0.255 e. The van der Waals surface area contributed by atoms with E-state index in [4.69, 9.17) is 9.47 Å². The lowest BCUT2D eigenvalue weighted by molar-refractivity contribution is -0.115. The summed E-state index contributed by atoms with van der Waals surface area (Å²) in [6.07, 6.45) is 0.272. The number of anilines is 2. The quantitative estimate of drug-likeness (QED) is 0.553. The molecule has 8 nitrogen and oxygen atoms in total. The summed E-state index contributed by atoms with van der Waals surface area (Å²) in [7, 11) is 2.77. The van der Waals surface area contributed by atoms with Gasteiger partial charge in [0.25, 0.3) is 5.91 Å². The molecule has 0 bridgehead atoms. The van der Waals surface area contributed by atoms with E-state index in [2.05, 4.69) is 10.6 Å². The van der Waals surface area contributed by atoms with Crippen molar-refractivity contribution in [1.82, 2.24) is 0 Å². The van der Waals surface area contributed by atoms with E-state index >= 15 is 0 Å². The zero-order valence-electron chi connectivity index (χ0n) is 15.3. The van der Waals surface area contributed by atoms with E-state index in [-0.39, 0.29) is 41.7 Å². The van der Waals surface area contributed by atoms with Crippen molar-refractivity contribution >= 4 is 23.2 Å². The van der Waals surface area contributed by atoms with Crippen LogP contribution in [0.3, 0.4) is 0 Å². The fourth-order valence-electron chi connectivity index (χ4n) is 2.38. The molecule has 27 heavy (non-hydrogen) atoms. The fraction of sp³-hybridized carbons (Fsp3) is 0.263. The number of amides is 2. The number of phenolic OH excluding ortho intramolecular Hbond substituents is 1. The van der Waals surface area contributed by atoms with Crippen molar-refractivity contribution < 1.29 is 29.3 Å². The Morgan fingerprint density at radius 2 is 1.67 bits per heavy atom. The van der Waals surface area contributed by atoms with Crippen LogP contribution in [0.2, 0.25) is 0 Å². The van der Waals surface area contributed by atoms with Crippen molar-refractivity contribution in [2.24, 2.45) is 0 Å². The van der Waals surface area contributed by atoms with Crippen molar-refractivity contribution in [3.63, 3.8) is 0 Å². The first-order valence-electron chi connectivity index (χ1n) is 8.23. The summed E-state index contributed by atoms with van der Waals surface area (Å²) < 4.78 is 10.1. The van der Waals surface area contributed by atoms with E-state index in [0.29, 0.717) is 16.9 Å². The molecule has 0 fully saturated rings. The SMILES string of the molecule is CCC(=O)Nc1cc(C(=O)Nc2cc(OC)c(O)c(OC)c2)ccc1CO. The molecule has 144 valence electrons. The molecule has 0 aromatic heterocycles. The van der Waals surface area contributed by atoms with E-state index in [1.807, 2.05) is 0 Å². The Balaban J connectivity index is 2.30. The van der Waals surface area contributed by atoms with Gasteiger partial charge in [-0.05, 0) is 12.1 Å². The predicted octanol–water partition coefficient (Wildman–Crippen LogP) is 2.50. The lowest BCUT2D eigenvalue weighted by Crippen LogP contribution is -2.15. The minimum atomic E-state index is -0.443. The number of benzene rings is 2. The molecular weight excluding hydrogens is 352 g/mol. The highest BCUT2D eigenvalue weighted by Gasteiger charge is 2.15. The van der Waals surface area contributed by atoms with Crippen molar-refractivity contribution in [2.45, 2.75) is 20.0 Å². The standard InChI is InChI=1S/C19H22N2O6/c1-4-17(23)21-14-7-11(5-6-12(14)10-22)19(25)20-13-8-15(26-2)18(24)16(9-13)27-3/h5-9,22,24H,4,10H2,1-3H3,(H,20,25)(H,21,23). The Morgan fingerprint density at radius 3 is 2.19 bits per heavy atom. The summed E-state index contributed by atoms with van der Waals surface area (Å²) in [6.45, 7) is 1.43. The van der Waals surface area contributed by atoms with E-state index in [1.54, 1.807) is 13.0 Å². The van der Waals surface area contributed by atoms with Gasteiger partial charge in [-0.2, -0.15) is 0 Å². The number of hydrogen-bond acceptors (Lipinski definition) is 6.